The molecule has 3 N–H and O–H groups in total. The van der Waals surface area contributed by atoms with E-state index in [0.717, 1.165) is 30.2 Å². The quantitative estimate of drug-likeness (QED) is 0.448. The van der Waals surface area contributed by atoms with Crippen LogP contribution in [-0.4, -0.2) is 27.9 Å². The summed E-state index contributed by atoms with van der Waals surface area (Å²) in [7, 11) is 0. The van der Waals surface area contributed by atoms with Gasteiger partial charge in [-0.15, -0.1) is 0 Å². The van der Waals surface area contributed by atoms with Gasteiger partial charge in [-0.2, -0.15) is 0 Å². The molecule has 1 aliphatic rings. The van der Waals surface area contributed by atoms with Crippen LogP contribution >= 0.6 is 0 Å². The highest BCUT2D eigenvalue weighted by atomic mass is 16.6. The number of aromatic nitrogens is 1. The monoisotopic (exact) mass is 392 g/mol. The Morgan fingerprint density at radius 3 is 2.79 bits per heavy atom. The van der Waals surface area contributed by atoms with Crippen molar-refractivity contribution in [1.29, 1.82) is 0 Å². The van der Waals surface area contributed by atoms with Crippen LogP contribution in [0.25, 0.3) is 10.9 Å². The normalized spacial score (nSPS) is 16.0. The van der Waals surface area contributed by atoms with Gasteiger partial charge in [0.05, 0.1) is 4.92 Å². The number of nitrogens with one attached hydrogen (secondary N) is 3. The summed E-state index contributed by atoms with van der Waals surface area (Å²) >= 11 is 0. The molecule has 2 aromatic carbocycles. The van der Waals surface area contributed by atoms with Gasteiger partial charge in [-0.1, -0.05) is 26.0 Å². The van der Waals surface area contributed by atoms with Crippen molar-refractivity contribution in [2.45, 2.75) is 45.2 Å². The molecule has 150 valence electrons. The van der Waals surface area contributed by atoms with Crippen molar-refractivity contribution < 1.29 is 9.72 Å². The summed E-state index contributed by atoms with van der Waals surface area (Å²) in [6.07, 6.45) is 3.03. The lowest BCUT2D eigenvalue weighted by Crippen LogP contribution is -2.38. The van der Waals surface area contributed by atoms with Crippen LogP contribution < -0.4 is 10.6 Å². The number of hydrogen-bond acceptors (Lipinski definition) is 4. The molecule has 0 saturated heterocycles. The molecule has 1 unspecified atom stereocenters. The van der Waals surface area contributed by atoms with E-state index in [4.69, 9.17) is 0 Å². The average Bonchev–Trinajstić information content (AvgIpc) is 3.05. The molecule has 7 nitrogen and oxygen atoms in total. The third kappa shape index (κ3) is 3.86. The zero-order valence-corrected chi connectivity index (χ0v) is 16.5. The average molecular weight is 392 g/mol. The Kier molecular flexibility index (Phi) is 5.07. The molecule has 3 aromatic rings. The first kappa shape index (κ1) is 19.1. The van der Waals surface area contributed by atoms with Crippen molar-refractivity contribution in [3.63, 3.8) is 0 Å². The van der Waals surface area contributed by atoms with E-state index in [-0.39, 0.29) is 11.3 Å². The maximum atomic E-state index is 12.6. The third-order valence-electron chi connectivity index (χ3n) is 5.36. The summed E-state index contributed by atoms with van der Waals surface area (Å²) in [5, 5.41) is 18.7. The summed E-state index contributed by atoms with van der Waals surface area (Å²) in [5.41, 5.74) is 4.06. The summed E-state index contributed by atoms with van der Waals surface area (Å²) < 4.78 is 0. The van der Waals surface area contributed by atoms with Gasteiger partial charge < -0.3 is 15.6 Å². The molecular weight excluding hydrogens is 368 g/mol. The second-order valence-corrected chi connectivity index (χ2v) is 7.83. The summed E-state index contributed by atoms with van der Waals surface area (Å²) in [6, 6.07) is 12.6. The van der Waals surface area contributed by atoms with Crippen LogP contribution in [0.1, 0.15) is 41.9 Å². The zero-order valence-electron chi connectivity index (χ0n) is 16.5. The molecule has 1 heterocycles. The van der Waals surface area contributed by atoms with Gasteiger partial charge >= 0.3 is 0 Å². The summed E-state index contributed by atoms with van der Waals surface area (Å²) in [6.45, 7) is 4.31. The van der Waals surface area contributed by atoms with E-state index >= 15 is 0 Å². The number of aromatic amines is 1. The predicted molar refractivity (Wildman–Crippen MR) is 113 cm³/mol. The molecular formula is C22H24N4O3. The first-order valence-corrected chi connectivity index (χ1v) is 9.86. The summed E-state index contributed by atoms with van der Waals surface area (Å²) in [5.74, 6) is -0.486. The predicted octanol–water partition coefficient (Wildman–Crippen LogP) is 4.18. The van der Waals surface area contributed by atoms with E-state index in [0.29, 0.717) is 17.8 Å². The molecule has 29 heavy (non-hydrogen) atoms. The van der Waals surface area contributed by atoms with E-state index in [1.165, 1.54) is 23.4 Å². The Morgan fingerprint density at radius 2 is 2.03 bits per heavy atom. The molecule has 1 amide bonds. The van der Waals surface area contributed by atoms with Crippen molar-refractivity contribution in [3.05, 3.63) is 69.4 Å². The van der Waals surface area contributed by atoms with Gasteiger partial charge in [0, 0.05) is 40.4 Å². The van der Waals surface area contributed by atoms with Gasteiger partial charge in [0.15, 0.2) is 0 Å². The third-order valence-corrected chi connectivity index (χ3v) is 5.36. The van der Waals surface area contributed by atoms with Crippen LogP contribution in [0.4, 0.5) is 11.4 Å². The van der Waals surface area contributed by atoms with Crippen LogP contribution in [-0.2, 0) is 12.8 Å². The van der Waals surface area contributed by atoms with Crippen LogP contribution in [0.15, 0.2) is 42.5 Å². The molecule has 0 bridgehead atoms. The highest BCUT2D eigenvalue weighted by molar-refractivity contribution is 6.07. The number of aryl methyl sites for hydroxylation is 1. The molecule has 7 heteroatoms. The maximum Gasteiger partial charge on any atom is 0.282 e. The summed E-state index contributed by atoms with van der Waals surface area (Å²) in [4.78, 5) is 26.8. The minimum absolute atomic E-state index is 0.0508. The number of rotatable bonds is 5. The number of nitrogens with zero attached hydrogens (tertiary/aromatic N) is 1. The van der Waals surface area contributed by atoms with Gasteiger partial charge in [-0.3, -0.25) is 14.9 Å². The lowest BCUT2D eigenvalue weighted by Gasteiger charge is -2.25. The number of para-hydroxylation sites is 1. The van der Waals surface area contributed by atoms with E-state index in [1.807, 2.05) is 18.2 Å². The minimum atomic E-state index is -0.539. The van der Waals surface area contributed by atoms with Gasteiger partial charge in [0.25, 0.3) is 11.6 Å². The molecule has 4 rings (SSSR count). The van der Waals surface area contributed by atoms with E-state index in [1.54, 1.807) is 12.1 Å². The number of nitro benzene ring substituents is 1. The van der Waals surface area contributed by atoms with Crippen LogP contribution in [0.3, 0.4) is 0 Å². The molecule has 0 aliphatic heterocycles. The Labute approximate surface area is 168 Å². The lowest BCUT2D eigenvalue weighted by molar-refractivity contribution is -0.385. The van der Waals surface area contributed by atoms with Gasteiger partial charge in [-0.05, 0) is 49.1 Å². The SMILES string of the molecule is CC(C)NC1CCc2[nH]c3ccc(NC(=O)c4ccccc4[N+](=O)[O-])cc3c2C1. The van der Waals surface area contributed by atoms with Crippen molar-refractivity contribution >= 4 is 28.2 Å². The van der Waals surface area contributed by atoms with E-state index in [2.05, 4.69) is 29.5 Å². The fraction of sp³-hybridized carbons (Fsp3) is 0.318. The van der Waals surface area contributed by atoms with Crippen LogP contribution in [0, 0.1) is 10.1 Å². The first-order chi connectivity index (χ1) is 13.9. The Hall–Kier alpha value is -3.19. The molecule has 0 fully saturated rings. The first-order valence-electron chi connectivity index (χ1n) is 9.86. The van der Waals surface area contributed by atoms with Crippen LogP contribution in [0.2, 0.25) is 0 Å². The number of fused-ring (bicyclic) bond motifs is 3. The number of hydrogen-bond donors (Lipinski definition) is 3. The topological polar surface area (TPSA) is 100 Å². The molecule has 0 radical (unpaired) electrons. The van der Waals surface area contributed by atoms with Crippen molar-refractivity contribution in [3.8, 4) is 0 Å². The molecule has 0 spiro atoms. The van der Waals surface area contributed by atoms with Gasteiger partial charge in [-0.25, -0.2) is 0 Å². The lowest BCUT2D eigenvalue weighted by atomic mass is 9.91. The highest BCUT2D eigenvalue weighted by Gasteiger charge is 2.24. The Morgan fingerprint density at radius 1 is 1.24 bits per heavy atom. The number of anilines is 1. The number of carbonyl (C=O) groups is 1. The number of H-pyrrole nitrogens is 1. The minimum Gasteiger partial charge on any atom is -0.358 e. The number of benzene rings is 2. The highest BCUT2D eigenvalue weighted by Crippen LogP contribution is 2.31. The number of nitro groups is 1. The smallest absolute Gasteiger partial charge is 0.282 e. The molecule has 1 aliphatic carbocycles. The maximum absolute atomic E-state index is 12.6. The molecule has 0 saturated carbocycles. The van der Waals surface area contributed by atoms with Gasteiger partial charge in [0.2, 0.25) is 0 Å². The van der Waals surface area contributed by atoms with Crippen LogP contribution in [0.5, 0.6) is 0 Å². The van der Waals surface area contributed by atoms with Crippen molar-refractivity contribution in [2.75, 3.05) is 5.32 Å². The second-order valence-electron chi connectivity index (χ2n) is 7.83. The van der Waals surface area contributed by atoms with Crippen molar-refractivity contribution in [2.24, 2.45) is 0 Å². The van der Waals surface area contributed by atoms with Gasteiger partial charge in [0.1, 0.15) is 5.56 Å². The largest absolute Gasteiger partial charge is 0.358 e. The molecule has 1 aromatic heterocycles. The fourth-order valence-corrected chi connectivity index (χ4v) is 4.13. The zero-order chi connectivity index (χ0) is 20.5. The fourth-order valence-electron chi connectivity index (χ4n) is 4.13. The van der Waals surface area contributed by atoms with Crippen molar-refractivity contribution in [1.82, 2.24) is 10.3 Å². The number of amides is 1. The number of carbonyl (C=O) groups excluding carboxylic acids is 1. The van der Waals surface area contributed by atoms with E-state index < -0.39 is 10.8 Å². The van der Waals surface area contributed by atoms with E-state index in [9.17, 15) is 14.9 Å². The molecule has 1 atom stereocenters. The standard InChI is InChI=1S/C22H24N4O3/c1-13(2)23-14-7-9-19-17(11-14)18-12-15(8-10-20(18)25-19)24-22(27)16-5-3-4-6-21(16)26(28)29/h3-6,8,10,12-14,23,25H,7,9,11H2,1-2H3,(H,24,27). The second kappa shape index (κ2) is 7.67. The Balaban J connectivity index is 1.62. The Bertz CT molecular complexity index is 1090.